The highest BCUT2D eigenvalue weighted by molar-refractivity contribution is 7.17. The summed E-state index contributed by atoms with van der Waals surface area (Å²) in [5.74, 6) is -1.55. The zero-order chi connectivity index (χ0) is 18.5. The standard InChI is InChI=1S/C18H14FN3O3S/c1-11-16(26-17(21-11)14-4-2-3-9-20-14)18(24)25-10-15(23)22-13-7-5-12(19)6-8-13/h2-9H,10H2,1H3,(H,22,23). The van der Waals surface area contributed by atoms with Crippen LogP contribution in [0.15, 0.2) is 48.7 Å². The van der Waals surface area contributed by atoms with Crippen LogP contribution in [0.3, 0.4) is 0 Å². The fourth-order valence-electron chi connectivity index (χ4n) is 2.11. The molecule has 8 heteroatoms. The number of esters is 1. The number of aryl methyl sites for hydroxylation is 1. The molecule has 2 heterocycles. The molecule has 0 fully saturated rings. The number of anilines is 1. The molecule has 2 aromatic heterocycles. The second-order valence-electron chi connectivity index (χ2n) is 5.28. The number of ether oxygens (including phenoxy) is 1. The Balaban J connectivity index is 1.60. The van der Waals surface area contributed by atoms with Crippen molar-refractivity contribution in [1.82, 2.24) is 9.97 Å². The summed E-state index contributed by atoms with van der Waals surface area (Å²) in [5.41, 5.74) is 1.59. The van der Waals surface area contributed by atoms with E-state index in [1.54, 1.807) is 25.3 Å². The summed E-state index contributed by atoms with van der Waals surface area (Å²) >= 11 is 1.16. The minimum atomic E-state index is -0.628. The van der Waals surface area contributed by atoms with Gasteiger partial charge >= 0.3 is 5.97 Å². The summed E-state index contributed by atoms with van der Waals surface area (Å²) in [6.07, 6.45) is 1.64. The number of rotatable bonds is 5. The molecule has 0 bridgehead atoms. The van der Waals surface area contributed by atoms with Gasteiger partial charge in [0.05, 0.1) is 11.4 Å². The van der Waals surface area contributed by atoms with Crippen LogP contribution in [0.2, 0.25) is 0 Å². The second kappa shape index (κ2) is 7.83. The van der Waals surface area contributed by atoms with E-state index in [0.29, 0.717) is 27.0 Å². The Morgan fingerprint density at radius 3 is 2.65 bits per heavy atom. The third-order valence-corrected chi connectivity index (χ3v) is 4.49. The van der Waals surface area contributed by atoms with E-state index in [0.717, 1.165) is 11.3 Å². The molecule has 1 amide bonds. The molecule has 0 radical (unpaired) electrons. The minimum absolute atomic E-state index is 0.320. The lowest BCUT2D eigenvalue weighted by Gasteiger charge is -2.06. The highest BCUT2D eigenvalue weighted by Gasteiger charge is 2.19. The van der Waals surface area contributed by atoms with Crippen LogP contribution >= 0.6 is 11.3 Å². The molecule has 0 spiro atoms. The normalized spacial score (nSPS) is 10.4. The number of benzene rings is 1. The van der Waals surface area contributed by atoms with Crippen molar-refractivity contribution in [1.29, 1.82) is 0 Å². The van der Waals surface area contributed by atoms with Gasteiger partial charge in [0.25, 0.3) is 5.91 Å². The Labute approximate surface area is 152 Å². The van der Waals surface area contributed by atoms with Crippen molar-refractivity contribution in [3.8, 4) is 10.7 Å². The average molecular weight is 371 g/mol. The quantitative estimate of drug-likeness (QED) is 0.695. The van der Waals surface area contributed by atoms with Crippen molar-refractivity contribution >= 4 is 28.9 Å². The maximum atomic E-state index is 12.8. The fraction of sp³-hybridized carbons (Fsp3) is 0.111. The van der Waals surface area contributed by atoms with Crippen molar-refractivity contribution in [3.63, 3.8) is 0 Å². The molecule has 0 aliphatic carbocycles. The van der Waals surface area contributed by atoms with E-state index in [2.05, 4.69) is 15.3 Å². The minimum Gasteiger partial charge on any atom is -0.451 e. The van der Waals surface area contributed by atoms with Crippen molar-refractivity contribution in [3.05, 3.63) is 65.0 Å². The number of carbonyl (C=O) groups excluding carboxylic acids is 2. The van der Waals surface area contributed by atoms with Crippen molar-refractivity contribution in [2.24, 2.45) is 0 Å². The topological polar surface area (TPSA) is 81.2 Å². The lowest BCUT2D eigenvalue weighted by Crippen LogP contribution is -2.20. The number of hydrogen-bond donors (Lipinski definition) is 1. The number of carbonyl (C=O) groups is 2. The summed E-state index contributed by atoms with van der Waals surface area (Å²) in [5, 5.41) is 3.12. The van der Waals surface area contributed by atoms with Crippen molar-refractivity contribution in [2.75, 3.05) is 11.9 Å². The van der Waals surface area contributed by atoms with Gasteiger partial charge in [0.1, 0.15) is 15.7 Å². The van der Waals surface area contributed by atoms with Gasteiger partial charge in [-0.15, -0.1) is 11.3 Å². The average Bonchev–Trinajstić information content (AvgIpc) is 3.04. The molecule has 3 aromatic rings. The summed E-state index contributed by atoms with van der Waals surface area (Å²) in [7, 11) is 0. The first kappa shape index (κ1) is 17.7. The summed E-state index contributed by atoms with van der Waals surface area (Å²) in [4.78, 5) is 32.9. The first-order valence-electron chi connectivity index (χ1n) is 7.64. The summed E-state index contributed by atoms with van der Waals surface area (Å²) in [6, 6.07) is 10.7. The Morgan fingerprint density at radius 1 is 1.19 bits per heavy atom. The molecular weight excluding hydrogens is 357 g/mol. The van der Waals surface area contributed by atoms with Gasteiger partial charge in [0, 0.05) is 11.9 Å². The molecule has 0 saturated heterocycles. The Kier molecular flexibility index (Phi) is 5.33. The van der Waals surface area contributed by atoms with E-state index in [-0.39, 0.29) is 0 Å². The Morgan fingerprint density at radius 2 is 1.96 bits per heavy atom. The molecule has 1 aromatic carbocycles. The van der Waals surface area contributed by atoms with Crippen LogP contribution in [0.4, 0.5) is 10.1 Å². The second-order valence-corrected chi connectivity index (χ2v) is 6.28. The number of thiazole rings is 1. The molecule has 0 aliphatic heterocycles. The number of amides is 1. The van der Waals surface area contributed by atoms with E-state index < -0.39 is 24.3 Å². The molecular formula is C18H14FN3O3S. The molecule has 0 atom stereocenters. The number of halogens is 1. The van der Waals surface area contributed by atoms with Gasteiger partial charge in [-0.3, -0.25) is 9.78 Å². The fourth-order valence-corrected chi connectivity index (χ4v) is 3.05. The molecule has 132 valence electrons. The molecule has 0 saturated carbocycles. The van der Waals surface area contributed by atoms with Crippen LogP contribution in [0.5, 0.6) is 0 Å². The lowest BCUT2D eigenvalue weighted by atomic mass is 10.3. The maximum Gasteiger partial charge on any atom is 0.350 e. The van der Waals surface area contributed by atoms with Crippen LogP contribution in [0.1, 0.15) is 15.4 Å². The van der Waals surface area contributed by atoms with Gasteiger partial charge in [-0.2, -0.15) is 0 Å². The third-order valence-electron chi connectivity index (χ3n) is 3.33. The van der Waals surface area contributed by atoms with Crippen LogP contribution in [-0.4, -0.2) is 28.5 Å². The smallest absolute Gasteiger partial charge is 0.350 e. The van der Waals surface area contributed by atoms with E-state index >= 15 is 0 Å². The molecule has 6 nitrogen and oxygen atoms in total. The van der Waals surface area contributed by atoms with Crippen molar-refractivity contribution in [2.45, 2.75) is 6.92 Å². The highest BCUT2D eigenvalue weighted by atomic mass is 32.1. The SMILES string of the molecule is Cc1nc(-c2ccccn2)sc1C(=O)OCC(=O)Nc1ccc(F)cc1. The summed E-state index contributed by atoms with van der Waals surface area (Å²) in [6.45, 7) is 1.24. The van der Waals surface area contributed by atoms with Crippen LogP contribution in [0, 0.1) is 12.7 Å². The number of hydrogen-bond acceptors (Lipinski definition) is 6. The Bertz CT molecular complexity index is 927. The monoisotopic (exact) mass is 371 g/mol. The zero-order valence-electron chi connectivity index (χ0n) is 13.7. The van der Waals surface area contributed by atoms with Gasteiger partial charge < -0.3 is 10.1 Å². The van der Waals surface area contributed by atoms with E-state index in [4.69, 9.17) is 4.74 Å². The first-order valence-corrected chi connectivity index (χ1v) is 8.46. The number of nitrogens with zero attached hydrogens (tertiary/aromatic N) is 2. The van der Waals surface area contributed by atoms with Gasteiger partial charge in [0.15, 0.2) is 6.61 Å². The van der Waals surface area contributed by atoms with Crippen LogP contribution in [0.25, 0.3) is 10.7 Å². The molecule has 0 aliphatic rings. The van der Waals surface area contributed by atoms with Gasteiger partial charge in [-0.05, 0) is 43.3 Å². The van der Waals surface area contributed by atoms with E-state index in [1.807, 2.05) is 6.07 Å². The van der Waals surface area contributed by atoms with Crippen LogP contribution in [-0.2, 0) is 9.53 Å². The van der Waals surface area contributed by atoms with Gasteiger partial charge in [0.2, 0.25) is 0 Å². The first-order chi connectivity index (χ1) is 12.5. The van der Waals surface area contributed by atoms with Crippen LogP contribution < -0.4 is 5.32 Å². The van der Waals surface area contributed by atoms with Crippen molar-refractivity contribution < 1.29 is 18.7 Å². The number of aromatic nitrogens is 2. The Hall–Kier alpha value is -3.13. The molecule has 0 unspecified atom stereocenters. The predicted molar refractivity (Wildman–Crippen MR) is 95.4 cm³/mol. The highest BCUT2D eigenvalue weighted by Crippen LogP contribution is 2.26. The number of pyridine rings is 1. The van der Waals surface area contributed by atoms with E-state index in [9.17, 15) is 14.0 Å². The van der Waals surface area contributed by atoms with E-state index in [1.165, 1.54) is 24.3 Å². The largest absolute Gasteiger partial charge is 0.451 e. The third kappa shape index (κ3) is 4.28. The maximum absolute atomic E-state index is 12.8. The molecule has 1 N–H and O–H groups in total. The van der Waals surface area contributed by atoms with Gasteiger partial charge in [-0.25, -0.2) is 14.2 Å². The molecule has 3 rings (SSSR count). The predicted octanol–water partition coefficient (Wildman–Crippen LogP) is 3.45. The summed E-state index contributed by atoms with van der Waals surface area (Å²) < 4.78 is 17.9. The molecule has 26 heavy (non-hydrogen) atoms. The number of nitrogens with one attached hydrogen (secondary N) is 1. The zero-order valence-corrected chi connectivity index (χ0v) is 14.5. The lowest BCUT2D eigenvalue weighted by molar-refractivity contribution is -0.119. The van der Waals surface area contributed by atoms with Gasteiger partial charge in [-0.1, -0.05) is 6.07 Å².